The molecule has 24 heavy (non-hydrogen) atoms. The van der Waals surface area contributed by atoms with E-state index >= 15 is 0 Å². The second-order valence-electron chi connectivity index (χ2n) is 7.29. The Morgan fingerprint density at radius 3 is 2.88 bits per heavy atom. The maximum Gasteiger partial charge on any atom is 0.224 e. The Kier molecular flexibility index (Phi) is 7.45. The van der Waals surface area contributed by atoms with Gasteiger partial charge in [-0.25, -0.2) is 0 Å². The molecule has 3 rings (SSSR count). The fraction of sp³-hybridized carbons (Fsp3) is 0.632. The van der Waals surface area contributed by atoms with E-state index in [1.807, 2.05) is 11.8 Å². The van der Waals surface area contributed by atoms with Crippen LogP contribution in [0.25, 0.3) is 0 Å². The number of aryl methyl sites for hydroxylation is 1. The van der Waals surface area contributed by atoms with Crippen LogP contribution in [0.3, 0.4) is 0 Å². The number of hydrogen-bond donors (Lipinski definition) is 1. The van der Waals surface area contributed by atoms with Crippen LogP contribution in [0.2, 0.25) is 0 Å². The van der Waals surface area contributed by atoms with Crippen molar-refractivity contribution in [1.82, 2.24) is 10.2 Å². The Morgan fingerprint density at radius 2 is 2.17 bits per heavy atom. The highest BCUT2D eigenvalue weighted by Gasteiger charge is 2.36. The molecule has 0 bridgehead atoms. The highest BCUT2D eigenvalue weighted by Crippen LogP contribution is 2.35. The van der Waals surface area contributed by atoms with Crippen molar-refractivity contribution < 1.29 is 4.79 Å². The van der Waals surface area contributed by atoms with Crippen LogP contribution >= 0.6 is 24.2 Å². The lowest BCUT2D eigenvalue weighted by Crippen LogP contribution is -2.42. The average Bonchev–Trinajstić information content (AvgIpc) is 2.98. The number of nitrogens with one attached hydrogen (secondary N) is 1. The molecule has 5 heteroatoms. The first kappa shape index (κ1) is 19.6. The number of nitrogens with zero attached hydrogens (tertiary/aromatic N) is 1. The molecular formula is C19H29ClN2OS. The van der Waals surface area contributed by atoms with Crippen molar-refractivity contribution in [3.63, 3.8) is 0 Å². The molecule has 2 aliphatic rings. The molecule has 1 N–H and O–H groups in total. The van der Waals surface area contributed by atoms with Crippen LogP contribution in [0, 0.1) is 5.41 Å². The first-order chi connectivity index (χ1) is 11.1. The molecule has 0 radical (unpaired) electrons. The van der Waals surface area contributed by atoms with Crippen LogP contribution in [-0.2, 0) is 11.2 Å². The first-order valence-electron chi connectivity index (χ1n) is 8.77. The molecule has 2 aliphatic heterocycles. The molecule has 2 unspecified atom stereocenters. The maximum absolute atomic E-state index is 12.6. The average molecular weight is 369 g/mol. The molecule has 0 aromatic heterocycles. The van der Waals surface area contributed by atoms with E-state index in [0.717, 1.165) is 38.2 Å². The fourth-order valence-corrected chi connectivity index (χ4v) is 4.57. The molecular weight excluding hydrogens is 340 g/mol. The van der Waals surface area contributed by atoms with Crippen molar-refractivity contribution >= 4 is 30.1 Å². The quantitative estimate of drug-likeness (QED) is 0.864. The molecule has 0 aliphatic carbocycles. The number of hydrogen-bond acceptors (Lipinski definition) is 3. The zero-order chi connectivity index (χ0) is 16.1. The Morgan fingerprint density at radius 1 is 1.38 bits per heavy atom. The smallest absolute Gasteiger partial charge is 0.224 e. The highest BCUT2D eigenvalue weighted by molar-refractivity contribution is 7.99. The third-order valence-corrected chi connectivity index (χ3v) is 6.32. The number of likely N-dealkylation sites (tertiary alicyclic amines) is 1. The van der Waals surface area contributed by atoms with Gasteiger partial charge in [0.15, 0.2) is 0 Å². The van der Waals surface area contributed by atoms with E-state index < -0.39 is 0 Å². The summed E-state index contributed by atoms with van der Waals surface area (Å²) in [6.45, 7) is 5.25. The molecule has 2 heterocycles. The van der Waals surface area contributed by atoms with E-state index in [1.165, 1.54) is 17.7 Å². The number of halogens is 1. The predicted molar refractivity (Wildman–Crippen MR) is 105 cm³/mol. The van der Waals surface area contributed by atoms with Gasteiger partial charge in [-0.1, -0.05) is 37.3 Å². The number of rotatable bonds is 5. The van der Waals surface area contributed by atoms with Gasteiger partial charge in [-0.3, -0.25) is 4.79 Å². The highest BCUT2D eigenvalue weighted by atomic mass is 35.5. The van der Waals surface area contributed by atoms with E-state index in [-0.39, 0.29) is 17.8 Å². The van der Waals surface area contributed by atoms with Gasteiger partial charge in [-0.2, -0.15) is 11.8 Å². The van der Waals surface area contributed by atoms with Crippen molar-refractivity contribution in [2.24, 2.45) is 5.41 Å². The molecule has 1 amide bonds. The molecule has 0 spiro atoms. The summed E-state index contributed by atoms with van der Waals surface area (Å²) in [7, 11) is 0. The third-order valence-electron chi connectivity index (χ3n) is 5.19. The minimum atomic E-state index is 0. The summed E-state index contributed by atoms with van der Waals surface area (Å²) < 4.78 is 0. The minimum Gasteiger partial charge on any atom is -0.342 e. The molecule has 2 atom stereocenters. The van der Waals surface area contributed by atoms with Crippen LogP contribution in [0.1, 0.15) is 31.7 Å². The summed E-state index contributed by atoms with van der Waals surface area (Å²) in [5.74, 6) is 2.59. The maximum atomic E-state index is 12.6. The van der Waals surface area contributed by atoms with Crippen LogP contribution in [-0.4, -0.2) is 48.0 Å². The zero-order valence-electron chi connectivity index (χ0n) is 14.5. The number of amides is 1. The summed E-state index contributed by atoms with van der Waals surface area (Å²) >= 11 is 1.96. The zero-order valence-corrected chi connectivity index (χ0v) is 16.1. The largest absolute Gasteiger partial charge is 0.342 e. The van der Waals surface area contributed by atoms with Gasteiger partial charge in [0.25, 0.3) is 0 Å². The van der Waals surface area contributed by atoms with Crippen molar-refractivity contribution in [2.75, 3.05) is 31.1 Å². The standard InChI is InChI=1S/C19H28N2OS.ClH/c1-19(8-7-16-5-3-2-4-6-16)9-11-21(15-19)18(22)13-17-14-23-12-10-20-17;/h2-6,17,20H,7-15H2,1H3;1H. The van der Waals surface area contributed by atoms with Crippen molar-refractivity contribution in [1.29, 1.82) is 0 Å². The van der Waals surface area contributed by atoms with Gasteiger partial charge in [0.1, 0.15) is 0 Å². The van der Waals surface area contributed by atoms with Crippen LogP contribution < -0.4 is 5.32 Å². The van der Waals surface area contributed by atoms with E-state index in [2.05, 4.69) is 47.5 Å². The summed E-state index contributed by atoms with van der Waals surface area (Å²) in [6, 6.07) is 11.1. The Hall–Kier alpha value is -0.710. The summed E-state index contributed by atoms with van der Waals surface area (Å²) in [4.78, 5) is 14.7. The molecule has 134 valence electrons. The lowest BCUT2D eigenvalue weighted by Gasteiger charge is -2.27. The third kappa shape index (κ3) is 5.40. The summed E-state index contributed by atoms with van der Waals surface area (Å²) in [5, 5.41) is 3.47. The van der Waals surface area contributed by atoms with Gasteiger partial charge in [0, 0.05) is 43.6 Å². The first-order valence-corrected chi connectivity index (χ1v) is 9.93. The van der Waals surface area contributed by atoms with Crippen LogP contribution in [0.15, 0.2) is 30.3 Å². The van der Waals surface area contributed by atoms with E-state index in [1.54, 1.807) is 0 Å². The fourth-order valence-electron chi connectivity index (χ4n) is 3.62. The predicted octanol–water partition coefficient (Wildman–Crippen LogP) is 3.37. The minimum absolute atomic E-state index is 0. The SMILES string of the molecule is CC1(CCc2ccccc2)CCN(C(=O)CC2CSCCN2)C1.Cl. The lowest BCUT2D eigenvalue weighted by molar-refractivity contribution is -0.131. The summed E-state index contributed by atoms with van der Waals surface area (Å²) in [5.41, 5.74) is 1.68. The van der Waals surface area contributed by atoms with E-state index in [9.17, 15) is 4.79 Å². The number of benzene rings is 1. The van der Waals surface area contributed by atoms with Gasteiger partial charge in [0.05, 0.1) is 0 Å². The van der Waals surface area contributed by atoms with Crippen LogP contribution in [0.5, 0.6) is 0 Å². The van der Waals surface area contributed by atoms with Crippen molar-refractivity contribution in [3.8, 4) is 0 Å². The normalized spacial score (nSPS) is 26.9. The second kappa shape index (κ2) is 9.12. The monoisotopic (exact) mass is 368 g/mol. The van der Waals surface area contributed by atoms with Crippen molar-refractivity contribution in [2.45, 2.75) is 38.6 Å². The van der Waals surface area contributed by atoms with Gasteiger partial charge in [0.2, 0.25) is 5.91 Å². The summed E-state index contributed by atoms with van der Waals surface area (Å²) in [6.07, 6.45) is 4.08. The molecule has 1 aromatic rings. The molecule has 2 saturated heterocycles. The van der Waals surface area contributed by atoms with E-state index in [0.29, 0.717) is 18.4 Å². The molecule has 2 fully saturated rings. The van der Waals surface area contributed by atoms with Gasteiger partial charge in [-0.05, 0) is 30.2 Å². The van der Waals surface area contributed by atoms with Gasteiger partial charge in [-0.15, -0.1) is 12.4 Å². The second-order valence-corrected chi connectivity index (χ2v) is 8.44. The number of carbonyl (C=O) groups is 1. The Labute approximate surface area is 156 Å². The Bertz CT molecular complexity index is 521. The number of carbonyl (C=O) groups excluding carboxylic acids is 1. The van der Waals surface area contributed by atoms with Crippen molar-refractivity contribution in [3.05, 3.63) is 35.9 Å². The van der Waals surface area contributed by atoms with E-state index in [4.69, 9.17) is 0 Å². The molecule has 3 nitrogen and oxygen atoms in total. The topological polar surface area (TPSA) is 32.3 Å². The number of thioether (sulfide) groups is 1. The molecule has 1 aromatic carbocycles. The molecule has 0 saturated carbocycles. The van der Waals surface area contributed by atoms with Gasteiger partial charge >= 0.3 is 0 Å². The van der Waals surface area contributed by atoms with Crippen LogP contribution in [0.4, 0.5) is 0 Å². The Balaban J connectivity index is 0.00000208. The van der Waals surface area contributed by atoms with Gasteiger partial charge < -0.3 is 10.2 Å². The lowest BCUT2D eigenvalue weighted by atomic mass is 9.83.